The second-order valence-electron chi connectivity index (χ2n) is 3.22. The minimum Gasteiger partial charge on any atom is -0.507 e. The lowest BCUT2D eigenvalue weighted by atomic mass is 10.3. The first-order valence-corrected chi connectivity index (χ1v) is 6.45. The SMILES string of the molecule is C/C=C/CCNS(=O)(=O)c1ccccc1O. The largest absolute Gasteiger partial charge is 0.507 e. The lowest BCUT2D eigenvalue weighted by Crippen LogP contribution is -2.24. The van der Waals surface area contributed by atoms with Crippen molar-refractivity contribution in [2.45, 2.75) is 18.2 Å². The normalized spacial score (nSPS) is 12.1. The Morgan fingerprint density at radius 1 is 1.38 bits per heavy atom. The molecule has 0 saturated carbocycles. The number of nitrogens with one attached hydrogen (secondary N) is 1. The van der Waals surface area contributed by atoms with Gasteiger partial charge >= 0.3 is 0 Å². The van der Waals surface area contributed by atoms with Gasteiger partial charge in [-0.1, -0.05) is 24.3 Å². The van der Waals surface area contributed by atoms with Gasteiger partial charge in [0, 0.05) is 6.54 Å². The van der Waals surface area contributed by atoms with Crippen molar-refractivity contribution in [3.05, 3.63) is 36.4 Å². The second kappa shape index (κ2) is 5.67. The van der Waals surface area contributed by atoms with Gasteiger partial charge in [0.1, 0.15) is 10.6 Å². The highest BCUT2D eigenvalue weighted by molar-refractivity contribution is 7.89. The lowest BCUT2D eigenvalue weighted by molar-refractivity contribution is 0.458. The minimum atomic E-state index is -3.61. The monoisotopic (exact) mass is 241 g/mol. The fourth-order valence-electron chi connectivity index (χ4n) is 1.21. The highest BCUT2D eigenvalue weighted by Crippen LogP contribution is 2.20. The molecular weight excluding hydrogens is 226 g/mol. The van der Waals surface area contributed by atoms with Gasteiger partial charge in [0.2, 0.25) is 10.0 Å². The Morgan fingerprint density at radius 2 is 2.06 bits per heavy atom. The maximum absolute atomic E-state index is 11.7. The maximum atomic E-state index is 11.7. The summed E-state index contributed by atoms with van der Waals surface area (Å²) in [6.45, 7) is 2.19. The van der Waals surface area contributed by atoms with E-state index in [2.05, 4.69) is 4.72 Å². The molecule has 0 fully saturated rings. The molecule has 0 radical (unpaired) electrons. The molecule has 0 atom stereocenters. The van der Waals surface area contributed by atoms with E-state index in [1.54, 1.807) is 12.1 Å². The van der Waals surface area contributed by atoms with Crippen molar-refractivity contribution in [3.63, 3.8) is 0 Å². The van der Waals surface area contributed by atoms with Crippen LogP contribution in [0.5, 0.6) is 5.75 Å². The Balaban J connectivity index is 2.75. The van der Waals surface area contributed by atoms with Gasteiger partial charge < -0.3 is 5.11 Å². The Bertz CT molecular complexity index is 466. The standard InChI is InChI=1S/C11H15NO3S/c1-2-3-6-9-12-16(14,15)11-8-5-4-7-10(11)13/h2-5,7-8,12-13H,6,9H2,1H3/b3-2+. The molecule has 0 saturated heterocycles. The Labute approximate surface area is 95.7 Å². The van der Waals surface area contributed by atoms with Crippen molar-refractivity contribution in [1.82, 2.24) is 4.72 Å². The average Bonchev–Trinajstić information content (AvgIpc) is 2.25. The van der Waals surface area contributed by atoms with Crippen LogP contribution < -0.4 is 4.72 Å². The first-order chi connectivity index (χ1) is 7.58. The van der Waals surface area contributed by atoms with Crippen molar-refractivity contribution in [2.24, 2.45) is 0 Å². The van der Waals surface area contributed by atoms with Crippen LogP contribution in [0.2, 0.25) is 0 Å². The number of hydrogen-bond donors (Lipinski definition) is 2. The fraction of sp³-hybridized carbons (Fsp3) is 0.273. The number of aromatic hydroxyl groups is 1. The summed E-state index contributed by atoms with van der Waals surface area (Å²) in [4.78, 5) is -0.0875. The molecule has 1 aromatic rings. The average molecular weight is 241 g/mol. The van der Waals surface area contributed by atoms with Crippen molar-refractivity contribution in [3.8, 4) is 5.75 Å². The van der Waals surface area contributed by atoms with E-state index in [0.717, 1.165) is 0 Å². The van der Waals surface area contributed by atoms with E-state index in [9.17, 15) is 13.5 Å². The van der Waals surface area contributed by atoms with Gasteiger partial charge in [-0.25, -0.2) is 13.1 Å². The van der Waals surface area contributed by atoms with Crippen LogP contribution >= 0.6 is 0 Å². The van der Waals surface area contributed by atoms with Gasteiger partial charge in [0.25, 0.3) is 0 Å². The number of sulfonamides is 1. The smallest absolute Gasteiger partial charge is 0.244 e. The number of benzene rings is 1. The molecule has 2 N–H and O–H groups in total. The van der Waals surface area contributed by atoms with E-state index in [1.165, 1.54) is 12.1 Å². The quantitative estimate of drug-likeness (QED) is 0.608. The summed E-state index contributed by atoms with van der Waals surface area (Å²) in [7, 11) is -3.61. The number of allylic oxidation sites excluding steroid dienone is 1. The Hall–Kier alpha value is -1.33. The van der Waals surface area contributed by atoms with Gasteiger partial charge in [0.15, 0.2) is 0 Å². The van der Waals surface area contributed by atoms with E-state index in [1.807, 2.05) is 19.1 Å². The third kappa shape index (κ3) is 3.36. The molecule has 0 bridgehead atoms. The first kappa shape index (κ1) is 12.7. The molecule has 0 unspecified atom stereocenters. The summed E-state index contributed by atoms with van der Waals surface area (Å²) in [6.07, 6.45) is 4.35. The molecule has 0 aromatic heterocycles. The molecule has 0 spiro atoms. The number of phenolic OH excluding ortho intramolecular Hbond substituents is 1. The summed E-state index contributed by atoms with van der Waals surface area (Å²) in [5.41, 5.74) is 0. The second-order valence-corrected chi connectivity index (χ2v) is 4.96. The zero-order chi connectivity index (χ0) is 12.0. The highest BCUT2D eigenvalue weighted by Gasteiger charge is 2.16. The highest BCUT2D eigenvalue weighted by atomic mass is 32.2. The number of rotatable bonds is 5. The molecule has 5 heteroatoms. The molecule has 0 aliphatic heterocycles. The zero-order valence-corrected chi connectivity index (χ0v) is 9.87. The molecule has 4 nitrogen and oxygen atoms in total. The van der Waals surface area contributed by atoms with E-state index < -0.39 is 10.0 Å². The van der Waals surface area contributed by atoms with Crippen molar-refractivity contribution in [2.75, 3.05) is 6.54 Å². The molecule has 1 aromatic carbocycles. The third-order valence-corrected chi connectivity index (χ3v) is 3.50. The van der Waals surface area contributed by atoms with Crippen LogP contribution in [0.1, 0.15) is 13.3 Å². The molecule has 1 rings (SSSR count). The van der Waals surface area contributed by atoms with Crippen LogP contribution in [0.25, 0.3) is 0 Å². The third-order valence-electron chi connectivity index (χ3n) is 1.99. The van der Waals surface area contributed by atoms with Crippen LogP contribution in [-0.2, 0) is 10.0 Å². The fourth-order valence-corrected chi connectivity index (χ4v) is 2.35. The molecule has 0 amide bonds. The van der Waals surface area contributed by atoms with Crippen molar-refractivity contribution >= 4 is 10.0 Å². The topological polar surface area (TPSA) is 66.4 Å². The van der Waals surface area contributed by atoms with E-state index in [-0.39, 0.29) is 10.6 Å². The first-order valence-electron chi connectivity index (χ1n) is 4.97. The van der Waals surface area contributed by atoms with Crippen molar-refractivity contribution in [1.29, 1.82) is 0 Å². The summed E-state index contributed by atoms with van der Waals surface area (Å²) in [5, 5.41) is 9.42. The minimum absolute atomic E-state index is 0.0875. The molecule has 16 heavy (non-hydrogen) atoms. The van der Waals surface area contributed by atoms with Crippen LogP contribution in [-0.4, -0.2) is 20.1 Å². The zero-order valence-electron chi connectivity index (χ0n) is 9.05. The van der Waals surface area contributed by atoms with Gasteiger partial charge in [-0.05, 0) is 25.5 Å². The Kier molecular flexibility index (Phi) is 4.52. The summed E-state index contributed by atoms with van der Waals surface area (Å²) < 4.78 is 25.9. The molecule has 0 aliphatic carbocycles. The number of hydrogen-bond acceptors (Lipinski definition) is 3. The maximum Gasteiger partial charge on any atom is 0.244 e. The summed E-state index contributed by atoms with van der Waals surface area (Å²) in [5.74, 6) is -0.235. The van der Waals surface area contributed by atoms with Gasteiger partial charge in [0.05, 0.1) is 0 Å². The summed E-state index contributed by atoms with van der Waals surface area (Å²) in [6, 6.07) is 5.86. The molecular formula is C11H15NO3S. The summed E-state index contributed by atoms with van der Waals surface area (Å²) >= 11 is 0. The van der Waals surface area contributed by atoms with Crippen LogP contribution in [0.3, 0.4) is 0 Å². The number of para-hydroxylation sites is 1. The number of phenols is 1. The molecule has 0 heterocycles. The van der Waals surface area contributed by atoms with Crippen LogP contribution in [0, 0.1) is 0 Å². The van der Waals surface area contributed by atoms with Gasteiger partial charge in [-0.15, -0.1) is 0 Å². The predicted octanol–water partition coefficient (Wildman–Crippen LogP) is 1.64. The molecule has 88 valence electrons. The van der Waals surface area contributed by atoms with Crippen LogP contribution in [0.4, 0.5) is 0 Å². The lowest BCUT2D eigenvalue weighted by Gasteiger charge is -2.06. The van der Waals surface area contributed by atoms with Crippen molar-refractivity contribution < 1.29 is 13.5 Å². The van der Waals surface area contributed by atoms with E-state index in [4.69, 9.17) is 0 Å². The predicted molar refractivity (Wildman–Crippen MR) is 62.7 cm³/mol. The Morgan fingerprint density at radius 3 is 2.69 bits per heavy atom. The van der Waals surface area contributed by atoms with Gasteiger partial charge in [-0.3, -0.25) is 0 Å². The van der Waals surface area contributed by atoms with E-state index in [0.29, 0.717) is 13.0 Å². The van der Waals surface area contributed by atoms with Gasteiger partial charge in [-0.2, -0.15) is 0 Å². The van der Waals surface area contributed by atoms with E-state index >= 15 is 0 Å². The molecule has 0 aliphatic rings. The van der Waals surface area contributed by atoms with Crippen LogP contribution in [0.15, 0.2) is 41.3 Å².